The SMILES string of the molecule is c1ccc(-c2nc(-c3ccccc3)nc(-c3cccc(-n4c5ccccc5c5c6c(c7ccccc7n6-c6ccccc6)c6sc7ncccc7c6c54)c3)n2)cc1. The van der Waals surface area contributed by atoms with Gasteiger partial charge in [0, 0.05) is 71.3 Å². The average Bonchev–Trinajstić information content (AvgIpc) is 3.95. The molecular formula is C50H30N6S. The van der Waals surface area contributed by atoms with Crippen LogP contribution in [0.15, 0.2) is 182 Å². The normalized spacial score (nSPS) is 11.9. The maximum absolute atomic E-state index is 5.10. The Morgan fingerprint density at radius 3 is 1.51 bits per heavy atom. The topological polar surface area (TPSA) is 61.4 Å². The molecular weight excluding hydrogens is 717 g/mol. The number of hydrogen-bond donors (Lipinski definition) is 0. The Morgan fingerprint density at radius 1 is 0.386 bits per heavy atom. The van der Waals surface area contributed by atoms with Gasteiger partial charge in [-0.15, -0.1) is 11.3 Å². The van der Waals surface area contributed by atoms with Crippen LogP contribution in [0.3, 0.4) is 0 Å². The molecule has 7 aromatic carbocycles. The molecule has 0 saturated carbocycles. The number of pyridine rings is 1. The van der Waals surface area contributed by atoms with Crippen LogP contribution in [0.1, 0.15) is 0 Å². The summed E-state index contributed by atoms with van der Waals surface area (Å²) in [6, 6.07) is 61.5. The second-order valence-corrected chi connectivity index (χ2v) is 15.2. The minimum Gasteiger partial charge on any atom is -0.308 e. The third-order valence-corrected chi connectivity index (χ3v) is 12.1. The first-order valence-corrected chi connectivity index (χ1v) is 19.8. The highest BCUT2D eigenvalue weighted by molar-refractivity contribution is 7.26. The van der Waals surface area contributed by atoms with Crippen molar-refractivity contribution in [3.8, 4) is 45.5 Å². The molecule has 0 fully saturated rings. The fourth-order valence-corrected chi connectivity index (χ4v) is 9.81. The first-order chi connectivity index (χ1) is 28.3. The van der Waals surface area contributed by atoms with Crippen LogP contribution in [0.4, 0.5) is 0 Å². The highest BCUT2D eigenvalue weighted by Crippen LogP contribution is 2.50. The van der Waals surface area contributed by atoms with Crippen LogP contribution >= 0.6 is 11.3 Å². The zero-order valence-electron chi connectivity index (χ0n) is 30.4. The van der Waals surface area contributed by atoms with Gasteiger partial charge in [0.25, 0.3) is 0 Å². The third kappa shape index (κ3) is 4.83. The van der Waals surface area contributed by atoms with Crippen molar-refractivity contribution in [1.29, 1.82) is 0 Å². The van der Waals surface area contributed by atoms with Crippen LogP contribution in [0.25, 0.3) is 109 Å². The van der Waals surface area contributed by atoms with Gasteiger partial charge in [0.15, 0.2) is 17.5 Å². The van der Waals surface area contributed by atoms with Gasteiger partial charge in [-0.2, -0.15) is 0 Å². The summed E-state index contributed by atoms with van der Waals surface area (Å²) in [7, 11) is 0. The van der Waals surface area contributed by atoms with E-state index in [1.54, 1.807) is 11.3 Å². The van der Waals surface area contributed by atoms with E-state index in [0.717, 1.165) is 49.3 Å². The summed E-state index contributed by atoms with van der Waals surface area (Å²) in [5.41, 5.74) is 9.58. The van der Waals surface area contributed by atoms with Crippen molar-refractivity contribution < 1.29 is 0 Å². The molecule has 0 aliphatic rings. The molecule has 0 unspecified atom stereocenters. The summed E-state index contributed by atoms with van der Waals surface area (Å²) in [5, 5.41) is 7.24. The van der Waals surface area contributed by atoms with Gasteiger partial charge in [-0.3, -0.25) is 0 Å². The Morgan fingerprint density at radius 2 is 0.860 bits per heavy atom. The van der Waals surface area contributed by atoms with E-state index in [1.165, 1.54) is 42.7 Å². The van der Waals surface area contributed by atoms with Gasteiger partial charge in [0.1, 0.15) is 4.83 Å². The van der Waals surface area contributed by atoms with Gasteiger partial charge < -0.3 is 9.13 Å². The van der Waals surface area contributed by atoms with E-state index in [2.05, 4.69) is 124 Å². The number of para-hydroxylation sites is 3. The molecule has 5 aromatic heterocycles. The summed E-state index contributed by atoms with van der Waals surface area (Å²) in [4.78, 5) is 21.1. The number of benzene rings is 7. The lowest BCUT2D eigenvalue weighted by atomic mass is 10.0. The average molecular weight is 747 g/mol. The van der Waals surface area contributed by atoms with Gasteiger partial charge in [-0.25, -0.2) is 19.9 Å². The van der Waals surface area contributed by atoms with Gasteiger partial charge in [0.05, 0.1) is 22.1 Å². The van der Waals surface area contributed by atoms with E-state index in [-0.39, 0.29) is 0 Å². The predicted molar refractivity (Wildman–Crippen MR) is 235 cm³/mol. The Hall–Kier alpha value is -7.48. The van der Waals surface area contributed by atoms with Gasteiger partial charge in [-0.1, -0.05) is 127 Å². The molecule has 0 spiro atoms. The van der Waals surface area contributed by atoms with Crippen LogP contribution in [0, 0.1) is 0 Å². The van der Waals surface area contributed by atoms with Crippen LogP contribution in [0.2, 0.25) is 0 Å². The van der Waals surface area contributed by atoms with E-state index in [0.29, 0.717) is 17.5 Å². The third-order valence-electron chi connectivity index (χ3n) is 11.0. The van der Waals surface area contributed by atoms with Crippen LogP contribution in [-0.4, -0.2) is 29.1 Å². The predicted octanol–water partition coefficient (Wildman–Crippen LogP) is 12.8. The lowest BCUT2D eigenvalue weighted by molar-refractivity contribution is 1.07. The van der Waals surface area contributed by atoms with E-state index in [9.17, 15) is 0 Å². The zero-order chi connectivity index (χ0) is 37.5. The van der Waals surface area contributed by atoms with E-state index < -0.39 is 0 Å². The van der Waals surface area contributed by atoms with Gasteiger partial charge in [-0.05, 0) is 48.5 Å². The molecule has 0 aliphatic carbocycles. The zero-order valence-corrected chi connectivity index (χ0v) is 31.2. The Bertz CT molecular complexity index is 3460. The largest absolute Gasteiger partial charge is 0.308 e. The van der Waals surface area contributed by atoms with Crippen molar-refractivity contribution in [3.63, 3.8) is 0 Å². The molecule has 0 radical (unpaired) electrons. The lowest BCUT2D eigenvalue weighted by Gasteiger charge is -2.13. The Balaban J connectivity index is 1.22. The Labute approximate surface area is 330 Å². The Kier molecular flexibility index (Phi) is 7.00. The number of nitrogens with zero attached hydrogens (tertiary/aromatic N) is 6. The molecule has 0 aliphatic heterocycles. The molecule has 0 N–H and O–H groups in total. The van der Waals surface area contributed by atoms with E-state index in [4.69, 9.17) is 19.9 Å². The summed E-state index contributed by atoms with van der Waals surface area (Å²) in [6.45, 7) is 0. The van der Waals surface area contributed by atoms with Crippen molar-refractivity contribution in [2.45, 2.75) is 0 Å². The molecule has 6 nitrogen and oxygen atoms in total. The molecule has 0 amide bonds. The smallest absolute Gasteiger partial charge is 0.164 e. The number of rotatable bonds is 5. The van der Waals surface area contributed by atoms with Gasteiger partial charge >= 0.3 is 0 Å². The first-order valence-electron chi connectivity index (χ1n) is 19.0. The molecule has 57 heavy (non-hydrogen) atoms. The molecule has 5 heterocycles. The minimum atomic E-state index is 0.618. The minimum absolute atomic E-state index is 0.618. The summed E-state index contributed by atoms with van der Waals surface area (Å²) in [6.07, 6.45) is 1.90. The standard InChI is InChI=1S/C50H30N6S/c1-4-16-31(17-5-1)47-52-48(32-18-6-2-7-19-32)54-49(53-47)33-20-14-23-35(30-33)56-39-27-12-10-24-36(39)41-44-42(46-43(45(41)56)38-26-15-29-51-50(38)57-46)37-25-11-13-28-40(37)55(44)34-21-8-3-9-22-34/h1-30H. The maximum Gasteiger partial charge on any atom is 0.164 e. The van der Waals surface area contributed by atoms with Crippen molar-refractivity contribution in [3.05, 3.63) is 182 Å². The van der Waals surface area contributed by atoms with Crippen LogP contribution in [-0.2, 0) is 0 Å². The number of fused-ring (bicyclic) bond motifs is 12. The first kappa shape index (κ1) is 31.8. The molecule has 7 heteroatoms. The number of hydrogen-bond acceptors (Lipinski definition) is 5. The summed E-state index contributed by atoms with van der Waals surface area (Å²) >= 11 is 1.78. The van der Waals surface area contributed by atoms with Gasteiger partial charge in [0.2, 0.25) is 0 Å². The van der Waals surface area contributed by atoms with Crippen molar-refractivity contribution in [1.82, 2.24) is 29.1 Å². The lowest BCUT2D eigenvalue weighted by Crippen LogP contribution is -2.01. The highest BCUT2D eigenvalue weighted by atomic mass is 32.1. The number of thiophene rings is 1. The second-order valence-electron chi connectivity index (χ2n) is 14.2. The molecule has 0 atom stereocenters. The molecule has 0 bridgehead atoms. The monoisotopic (exact) mass is 746 g/mol. The van der Waals surface area contributed by atoms with E-state index >= 15 is 0 Å². The van der Waals surface area contributed by atoms with Crippen LogP contribution in [0.5, 0.6) is 0 Å². The maximum atomic E-state index is 5.10. The summed E-state index contributed by atoms with van der Waals surface area (Å²) < 4.78 is 6.13. The molecule has 12 rings (SSSR count). The second kappa shape index (κ2) is 12.5. The fraction of sp³-hybridized carbons (Fsp3) is 0. The quantitative estimate of drug-likeness (QED) is 0.176. The summed E-state index contributed by atoms with van der Waals surface area (Å²) in [5.74, 6) is 1.89. The van der Waals surface area contributed by atoms with E-state index in [1.807, 2.05) is 66.9 Å². The number of aromatic nitrogens is 6. The fourth-order valence-electron chi connectivity index (χ4n) is 8.60. The molecule has 0 saturated heterocycles. The van der Waals surface area contributed by atoms with Crippen LogP contribution < -0.4 is 0 Å². The van der Waals surface area contributed by atoms with Crippen molar-refractivity contribution in [2.24, 2.45) is 0 Å². The van der Waals surface area contributed by atoms with Crippen molar-refractivity contribution in [2.75, 3.05) is 0 Å². The molecule has 12 aromatic rings. The molecule has 266 valence electrons. The highest BCUT2D eigenvalue weighted by Gasteiger charge is 2.27. The van der Waals surface area contributed by atoms with Crippen molar-refractivity contribution >= 4 is 75.3 Å².